The molecule has 0 saturated heterocycles. The quantitative estimate of drug-likeness (QED) is 0.593. The van der Waals surface area contributed by atoms with Crippen molar-refractivity contribution in [3.63, 3.8) is 0 Å². The van der Waals surface area contributed by atoms with Crippen LogP contribution in [-0.4, -0.2) is 10.5 Å². The van der Waals surface area contributed by atoms with E-state index in [1.54, 1.807) is 0 Å². The minimum Gasteiger partial charge on any atom is -0.361 e. The predicted molar refractivity (Wildman–Crippen MR) is 95.1 cm³/mol. The molecule has 0 saturated carbocycles. The second-order valence-electron chi connectivity index (χ2n) is 3.29. The van der Waals surface area contributed by atoms with Crippen molar-refractivity contribution in [2.75, 3.05) is 0 Å². The lowest BCUT2D eigenvalue weighted by atomic mass is 10.1. The van der Waals surface area contributed by atoms with Gasteiger partial charge in [-0.15, -0.1) is 11.3 Å². The van der Waals surface area contributed by atoms with Crippen molar-refractivity contribution >= 4 is 57.2 Å². The summed E-state index contributed by atoms with van der Waals surface area (Å²) in [6.45, 7) is 2.20. The summed E-state index contributed by atoms with van der Waals surface area (Å²) in [5, 5.41) is 2.41. The molecule has 0 atom stereocenters. The number of hydrogen-bond donors (Lipinski definition) is 4. The molecular formula is C13H20N2O2S3. The first-order valence-corrected chi connectivity index (χ1v) is 7.07. The van der Waals surface area contributed by atoms with E-state index in [2.05, 4.69) is 73.3 Å². The van der Waals surface area contributed by atoms with E-state index in [0.717, 1.165) is 6.42 Å². The van der Waals surface area contributed by atoms with Gasteiger partial charge in [0.2, 0.25) is 0 Å². The van der Waals surface area contributed by atoms with Crippen molar-refractivity contribution in [2.45, 2.75) is 20.8 Å². The number of amides is 2. The van der Waals surface area contributed by atoms with E-state index in [1.807, 2.05) is 11.3 Å². The van der Waals surface area contributed by atoms with Crippen LogP contribution in [0.5, 0.6) is 0 Å². The van der Waals surface area contributed by atoms with Gasteiger partial charge in [-0.1, -0.05) is 57.8 Å². The maximum absolute atomic E-state index is 9.09. The van der Waals surface area contributed by atoms with Gasteiger partial charge in [0.1, 0.15) is 0 Å². The van der Waals surface area contributed by atoms with Gasteiger partial charge in [0.25, 0.3) is 10.5 Å². The van der Waals surface area contributed by atoms with Crippen molar-refractivity contribution in [1.82, 2.24) is 0 Å². The molecule has 0 aliphatic heterocycles. The van der Waals surface area contributed by atoms with E-state index in [4.69, 9.17) is 9.59 Å². The molecule has 1 heterocycles. The summed E-state index contributed by atoms with van der Waals surface area (Å²) >= 11 is 8.05. The van der Waals surface area contributed by atoms with Crippen LogP contribution in [-0.2, 0) is 6.42 Å². The number of aryl methyl sites for hydroxylation is 1. The van der Waals surface area contributed by atoms with Gasteiger partial charge in [0, 0.05) is 4.70 Å². The minimum absolute atomic E-state index is 0. The first-order valence-electron chi connectivity index (χ1n) is 5.30. The van der Waals surface area contributed by atoms with Crippen LogP contribution in [0.4, 0.5) is 9.59 Å². The van der Waals surface area contributed by atoms with Crippen LogP contribution in [0.1, 0.15) is 19.9 Å². The van der Waals surface area contributed by atoms with E-state index >= 15 is 0 Å². The zero-order valence-electron chi connectivity index (χ0n) is 10.4. The molecule has 1 aromatic carbocycles. The number of thiol groups is 2. The predicted octanol–water partition coefficient (Wildman–Crippen LogP) is 4.09. The van der Waals surface area contributed by atoms with Crippen LogP contribution in [0.3, 0.4) is 0 Å². The Labute approximate surface area is 134 Å². The fourth-order valence-electron chi connectivity index (χ4n) is 1.31. The average Bonchev–Trinajstić information content (AvgIpc) is 2.70. The van der Waals surface area contributed by atoms with Crippen molar-refractivity contribution < 1.29 is 9.59 Å². The van der Waals surface area contributed by atoms with Crippen LogP contribution in [0.15, 0.2) is 29.6 Å². The third-order valence-corrected chi connectivity index (χ3v) is 2.95. The monoisotopic (exact) mass is 332 g/mol. The van der Waals surface area contributed by atoms with E-state index in [1.165, 1.54) is 15.6 Å². The fraction of sp³-hybridized carbons (Fsp3) is 0.231. The summed E-state index contributed by atoms with van der Waals surface area (Å²) < 4.78 is 1.41. The molecule has 20 heavy (non-hydrogen) atoms. The van der Waals surface area contributed by atoms with Crippen LogP contribution in [0, 0.1) is 0 Å². The van der Waals surface area contributed by atoms with Gasteiger partial charge < -0.3 is 11.5 Å². The van der Waals surface area contributed by atoms with Gasteiger partial charge in [-0.3, -0.25) is 9.59 Å². The first-order chi connectivity index (χ1) is 8.88. The number of hydrogen-bond acceptors (Lipinski definition) is 3. The Bertz CT molecular complexity index is 521. The second-order valence-corrected chi connectivity index (χ2v) is 5.08. The lowest BCUT2D eigenvalue weighted by molar-refractivity contribution is 0.266. The standard InChI is InChI=1S/C10H10S.2CH3NOS.CH4/c1-2-8-7-11-10-6-4-3-5-9(8)10;2*2-1(3)4;/h3-7H,2H2,1H3;2*(H3,2,3,4);1H4. The highest BCUT2D eigenvalue weighted by Crippen LogP contribution is 2.25. The van der Waals surface area contributed by atoms with Crippen LogP contribution < -0.4 is 11.5 Å². The van der Waals surface area contributed by atoms with Crippen molar-refractivity contribution in [1.29, 1.82) is 0 Å². The van der Waals surface area contributed by atoms with Gasteiger partial charge in [-0.2, -0.15) is 0 Å². The number of fused-ring (bicyclic) bond motifs is 1. The van der Waals surface area contributed by atoms with Crippen LogP contribution in [0.25, 0.3) is 10.1 Å². The van der Waals surface area contributed by atoms with E-state index < -0.39 is 10.5 Å². The summed E-state index contributed by atoms with van der Waals surface area (Å²) in [6, 6.07) is 8.58. The number of carbonyl (C=O) groups excluding carboxylic acids is 2. The highest BCUT2D eigenvalue weighted by atomic mass is 32.1. The third kappa shape index (κ3) is 9.71. The van der Waals surface area contributed by atoms with Crippen molar-refractivity contribution in [2.24, 2.45) is 11.5 Å². The van der Waals surface area contributed by atoms with Gasteiger partial charge in [-0.25, -0.2) is 0 Å². The largest absolute Gasteiger partial charge is 0.361 e. The summed E-state index contributed by atoms with van der Waals surface area (Å²) in [6.07, 6.45) is 1.14. The van der Waals surface area contributed by atoms with E-state index in [9.17, 15) is 0 Å². The van der Waals surface area contributed by atoms with E-state index in [-0.39, 0.29) is 7.43 Å². The Balaban J connectivity index is 0. The molecule has 1 aromatic heterocycles. The number of rotatable bonds is 1. The molecule has 112 valence electrons. The minimum atomic E-state index is -0.639. The molecule has 4 nitrogen and oxygen atoms in total. The maximum atomic E-state index is 9.09. The van der Waals surface area contributed by atoms with Crippen molar-refractivity contribution in [3.8, 4) is 0 Å². The van der Waals surface area contributed by atoms with Crippen molar-refractivity contribution in [3.05, 3.63) is 35.2 Å². The highest BCUT2D eigenvalue weighted by Gasteiger charge is 1.98. The molecule has 0 unspecified atom stereocenters. The lowest BCUT2D eigenvalue weighted by Gasteiger charge is -1.90. The zero-order chi connectivity index (χ0) is 14.8. The molecule has 4 N–H and O–H groups in total. The molecule has 2 aromatic rings. The summed E-state index contributed by atoms with van der Waals surface area (Å²) in [5.74, 6) is 0. The Morgan fingerprint density at radius 3 is 2.05 bits per heavy atom. The van der Waals surface area contributed by atoms with Gasteiger partial charge in [-0.05, 0) is 28.8 Å². The van der Waals surface area contributed by atoms with Gasteiger partial charge in [0.05, 0.1) is 0 Å². The molecule has 7 heteroatoms. The summed E-state index contributed by atoms with van der Waals surface area (Å²) in [4.78, 5) is 18.2. The van der Waals surface area contributed by atoms with E-state index in [0.29, 0.717) is 0 Å². The molecule has 0 spiro atoms. The molecule has 0 fully saturated rings. The normalized spacial score (nSPS) is 8.35. The summed E-state index contributed by atoms with van der Waals surface area (Å²) in [7, 11) is 0. The third-order valence-electron chi connectivity index (χ3n) is 1.94. The average molecular weight is 333 g/mol. The number of nitrogens with two attached hydrogens (primary N) is 2. The van der Waals surface area contributed by atoms with Crippen LogP contribution in [0.2, 0.25) is 0 Å². The first kappa shape index (κ1) is 21.1. The fourth-order valence-corrected chi connectivity index (χ4v) is 2.35. The zero-order valence-corrected chi connectivity index (χ0v) is 13.0. The maximum Gasteiger partial charge on any atom is 0.273 e. The number of thiophene rings is 1. The summed E-state index contributed by atoms with van der Waals surface area (Å²) in [5.41, 5.74) is 10.2. The number of primary amides is 2. The second kappa shape index (κ2) is 11.6. The molecule has 0 radical (unpaired) electrons. The molecular weight excluding hydrogens is 312 g/mol. The number of benzene rings is 1. The molecule has 2 amide bonds. The number of carbonyl (C=O) groups is 2. The van der Waals surface area contributed by atoms with Gasteiger partial charge >= 0.3 is 0 Å². The Morgan fingerprint density at radius 2 is 1.60 bits per heavy atom. The Morgan fingerprint density at radius 1 is 1.15 bits per heavy atom. The topological polar surface area (TPSA) is 86.2 Å². The Kier molecular flexibility index (Phi) is 12.3. The van der Waals surface area contributed by atoms with Crippen LogP contribution >= 0.6 is 36.6 Å². The molecule has 0 bridgehead atoms. The van der Waals surface area contributed by atoms with Gasteiger partial charge in [0.15, 0.2) is 0 Å². The smallest absolute Gasteiger partial charge is 0.273 e. The highest BCUT2D eigenvalue weighted by molar-refractivity contribution is 7.96. The molecule has 0 aliphatic carbocycles. The lowest BCUT2D eigenvalue weighted by Crippen LogP contribution is -1.95. The molecule has 2 rings (SSSR count). The molecule has 0 aliphatic rings. The Hall–Kier alpha value is -1.18. The SMILES string of the molecule is C.CCc1csc2ccccc12.NC(=O)S.NC(=O)S.